The summed E-state index contributed by atoms with van der Waals surface area (Å²) in [4.78, 5) is 14.1. The van der Waals surface area contributed by atoms with Crippen molar-refractivity contribution in [1.82, 2.24) is 0 Å². The summed E-state index contributed by atoms with van der Waals surface area (Å²) in [6, 6.07) is 16.5. The maximum Gasteiger partial charge on any atom is 0.414 e. The number of ether oxygens (including phenoxy) is 1. The second-order valence-electron chi connectivity index (χ2n) is 6.38. The summed E-state index contributed by atoms with van der Waals surface area (Å²) in [5.41, 5.74) is 1.30. The smallest absolute Gasteiger partial charge is 0.414 e. The molecule has 0 bridgehead atoms. The Labute approximate surface area is 137 Å². The van der Waals surface area contributed by atoms with Crippen molar-refractivity contribution < 1.29 is 14.6 Å². The number of phenolic OH excluding ortho intramolecular Hbond substituents is 1. The number of carbonyl (C=O) groups excluding carboxylic acids is 1. The minimum atomic E-state index is -0.557. The standard InChI is InChI=1S/C19H23NO3/c1-19(2,3)23-18(22)20(16-9-11-17(21)12-10-16)14-13-15-7-5-4-6-8-15/h4-12,21H,13-14H2,1-3H3. The van der Waals surface area contributed by atoms with Gasteiger partial charge in [-0.05, 0) is 57.0 Å². The molecule has 0 aliphatic rings. The second kappa shape index (κ2) is 7.18. The Morgan fingerprint density at radius 2 is 1.65 bits per heavy atom. The fraction of sp³-hybridized carbons (Fsp3) is 0.316. The highest BCUT2D eigenvalue weighted by Crippen LogP contribution is 2.21. The number of hydrogen-bond donors (Lipinski definition) is 1. The SMILES string of the molecule is CC(C)(C)OC(=O)N(CCc1ccccc1)c1ccc(O)cc1. The van der Waals surface area contributed by atoms with Crippen LogP contribution in [0.15, 0.2) is 54.6 Å². The molecule has 2 aromatic carbocycles. The van der Waals surface area contributed by atoms with E-state index in [1.54, 1.807) is 29.2 Å². The number of aromatic hydroxyl groups is 1. The van der Waals surface area contributed by atoms with Gasteiger partial charge in [-0.3, -0.25) is 4.90 Å². The van der Waals surface area contributed by atoms with E-state index in [-0.39, 0.29) is 11.8 Å². The summed E-state index contributed by atoms with van der Waals surface area (Å²) in [5.74, 6) is 0.168. The molecule has 0 saturated carbocycles. The summed E-state index contributed by atoms with van der Waals surface area (Å²) in [6.07, 6.45) is 0.333. The molecular weight excluding hydrogens is 290 g/mol. The highest BCUT2D eigenvalue weighted by Gasteiger charge is 2.23. The van der Waals surface area contributed by atoms with Gasteiger partial charge in [-0.2, -0.15) is 0 Å². The normalized spacial score (nSPS) is 11.1. The van der Waals surface area contributed by atoms with Crippen LogP contribution in [0.1, 0.15) is 26.3 Å². The molecule has 23 heavy (non-hydrogen) atoms. The zero-order valence-electron chi connectivity index (χ0n) is 13.8. The number of benzene rings is 2. The average molecular weight is 313 g/mol. The first-order valence-corrected chi connectivity index (χ1v) is 7.69. The Morgan fingerprint density at radius 1 is 1.04 bits per heavy atom. The number of rotatable bonds is 4. The molecular formula is C19H23NO3. The lowest BCUT2D eigenvalue weighted by Gasteiger charge is -2.27. The minimum absolute atomic E-state index is 0.168. The second-order valence-corrected chi connectivity index (χ2v) is 6.38. The van der Waals surface area contributed by atoms with Crippen molar-refractivity contribution in [3.8, 4) is 5.75 Å². The first-order valence-electron chi connectivity index (χ1n) is 7.69. The van der Waals surface area contributed by atoms with Gasteiger partial charge in [-0.25, -0.2) is 4.79 Å². The summed E-state index contributed by atoms with van der Waals surface area (Å²) in [5, 5.41) is 9.44. The topological polar surface area (TPSA) is 49.8 Å². The van der Waals surface area contributed by atoms with Crippen LogP contribution in [0.5, 0.6) is 5.75 Å². The van der Waals surface area contributed by atoms with E-state index in [9.17, 15) is 9.90 Å². The van der Waals surface area contributed by atoms with Crippen LogP contribution in [-0.4, -0.2) is 23.3 Å². The maximum absolute atomic E-state index is 12.5. The van der Waals surface area contributed by atoms with Crippen LogP contribution in [0.3, 0.4) is 0 Å². The summed E-state index contributed by atoms with van der Waals surface area (Å²) < 4.78 is 5.50. The molecule has 0 heterocycles. The van der Waals surface area contributed by atoms with Crippen LogP contribution in [0.2, 0.25) is 0 Å². The molecule has 0 aromatic heterocycles. The summed E-state index contributed by atoms with van der Waals surface area (Å²) in [6.45, 7) is 6.04. The van der Waals surface area contributed by atoms with Gasteiger partial charge in [0, 0.05) is 12.2 Å². The number of carbonyl (C=O) groups is 1. The molecule has 2 aromatic rings. The van der Waals surface area contributed by atoms with E-state index in [2.05, 4.69) is 0 Å². The van der Waals surface area contributed by atoms with Gasteiger partial charge < -0.3 is 9.84 Å². The number of nitrogens with zero attached hydrogens (tertiary/aromatic N) is 1. The lowest BCUT2D eigenvalue weighted by Crippen LogP contribution is -2.38. The third kappa shape index (κ3) is 5.33. The first-order chi connectivity index (χ1) is 10.8. The van der Waals surface area contributed by atoms with Gasteiger partial charge in [0.25, 0.3) is 0 Å². The fourth-order valence-corrected chi connectivity index (χ4v) is 2.16. The minimum Gasteiger partial charge on any atom is -0.508 e. The average Bonchev–Trinajstić information content (AvgIpc) is 2.48. The number of hydrogen-bond acceptors (Lipinski definition) is 3. The molecule has 0 atom stereocenters. The van der Waals surface area contributed by atoms with E-state index in [1.807, 2.05) is 51.1 Å². The van der Waals surface area contributed by atoms with Gasteiger partial charge >= 0.3 is 6.09 Å². The van der Waals surface area contributed by atoms with Crippen LogP contribution in [0, 0.1) is 0 Å². The number of phenols is 1. The Balaban J connectivity index is 2.17. The molecule has 122 valence electrons. The molecule has 0 aliphatic heterocycles. The van der Waals surface area contributed by atoms with Crippen LogP contribution < -0.4 is 4.90 Å². The van der Waals surface area contributed by atoms with Gasteiger partial charge in [-0.1, -0.05) is 30.3 Å². The lowest BCUT2D eigenvalue weighted by atomic mass is 10.1. The molecule has 4 heteroatoms. The predicted octanol–water partition coefficient (Wildman–Crippen LogP) is 4.38. The van der Waals surface area contributed by atoms with E-state index in [0.717, 1.165) is 12.0 Å². The molecule has 0 unspecified atom stereocenters. The van der Waals surface area contributed by atoms with Crippen molar-refractivity contribution >= 4 is 11.8 Å². The first kappa shape index (κ1) is 16.9. The van der Waals surface area contributed by atoms with Gasteiger partial charge in [0.15, 0.2) is 0 Å². The highest BCUT2D eigenvalue weighted by molar-refractivity contribution is 5.88. The molecule has 0 spiro atoms. The van der Waals surface area contributed by atoms with Crippen LogP contribution in [0.25, 0.3) is 0 Å². The summed E-state index contributed by atoms with van der Waals surface area (Å²) >= 11 is 0. The van der Waals surface area contributed by atoms with Crippen molar-refractivity contribution in [2.24, 2.45) is 0 Å². The number of anilines is 1. The molecule has 2 rings (SSSR count). The summed E-state index contributed by atoms with van der Waals surface area (Å²) in [7, 11) is 0. The van der Waals surface area contributed by atoms with E-state index >= 15 is 0 Å². The van der Waals surface area contributed by atoms with E-state index in [4.69, 9.17) is 4.74 Å². The van der Waals surface area contributed by atoms with Crippen LogP contribution >= 0.6 is 0 Å². The van der Waals surface area contributed by atoms with Gasteiger partial charge in [0.2, 0.25) is 0 Å². The molecule has 4 nitrogen and oxygen atoms in total. The zero-order chi connectivity index (χ0) is 16.9. The van der Waals surface area contributed by atoms with Crippen molar-refractivity contribution in [3.63, 3.8) is 0 Å². The largest absolute Gasteiger partial charge is 0.508 e. The van der Waals surface area contributed by atoms with E-state index in [1.165, 1.54) is 0 Å². The Kier molecular flexibility index (Phi) is 5.27. The van der Waals surface area contributed by atoms with Crippen molar-refractivity contribution in [1.29, 1.82) is 0 Å². The zero-order valence-corrected chi connectivity index (χ0v) is 13.8. The van der Waals surface area contributed by atoms with Crippen molar-refractivity contribution in [3.05, 3.63) is 60.2 Å². The Morgan fingerprint density at radius 3 is 2.22 bits per heavy atom. The van der Waals surface area contributed by atoms with Gasteiger partial charge in [-0.15, -0.1) is 0 Å². The molecule has 0 aliphatic carbocycles. The Bertz CT molecular complexity index is 630. The van der Waals surface area contributed by atoms with Crippen LogP contribution in [-0.2, 0) is 11.2 Å². The molecule has 1 N–H and O–H groups in total. The quantitative estimate of drug-likeness (QED) is 0.911. The fourth-order valence-electron chi connectivity index (χ4n) is 2.16. The predicted molar refractivity (Wildman–Crippen MR) is 91.8 cm³/mol. The third-order valence-electron chi connectivity index (χ3n) is 3.24. The monoisotopic (exact) mass is 313 g/mol. The van der Waals surface area contributed by atoms with E-state index < -0.39 is 5.60 Å². The lowest BCUT2D eigenvalue weighted by molar-refractivity contribution is 0.0580. The maximum atomic E-state index is 12.5. The van der Waals surface area contributed by atoms with Gasteiger partial charge in [0.05, 0.1) is 0 Å². The third-order valence-corrected chi connectivity index (χ3v) is 3.24. The van der Waals surface area contributed by atoms with Crippen molar-refractivity contribution in [2.45, 2.75) is 32.8 Å². The number of amides is 1. The molecule has 0 saturated heterocycles. The molecule has 0 fully saturated rings. The van der Waals surface area contributed by atoms with Crippen LogP contribution in [0.4, 0.5) is 10.5 Å². The molecule has 0 radical (unpaired) electrons. The van der Waals surface area contributed by atoms with E-state index in [0.29, 0.717) is 12.2 Å². The van der Waals surface area contributed by atoms with Crippen molar-refractivity contribution in [2.75, 3.05) is 11.4 Å². The highest BCUT2D eigenvalue weighted by atomic mass is 16.6. The van der Waals surface area contributed by atoms with Gasteiger partial charge in [0.1, 0.15) is 11.4 Å². The molecule has 1 amide bonds. The Hall–Kier alpha value is -2.49.